The average Bonchev–Trinajstić information content (AvgIpc) is 3.72. The van der Waals surface area contributed by atoms with E-state index < -0.39 is 0 Å². The third kappa shape index (κ3) is 4.81. The smallest absolute Gasteiger partial charge is 0.462 e. The van der Waals surface area contributed by atoms with Crippen molar-refractivity contribution in [2.24, 2.45) is 0 Å². The van der Waals surface area contributed by atoms with Crippen LogP contribution in [-0.2, 0) is 26.2 Å². The Kier molecular flexibility index (Phi) is 6.87. The standard InChI is InChI=1S/2C18H13O.Zr/c2*1-12-6-9-18(19-12)14-7-8-17-15(11-14)10-13-4-2-3-5-16(13)17;/h2*2-9,11,16H,1H3;/q2*-1;+2. The molecule has 0 fully saturated rings. The number of hydrogen-bond donors (Lipinski definition) is 0. The van der Waals surface area contributed by atoms with Crippen LogP contribution in [0.1, 0.15) is 45.6 Å². The van der Waals surface area contributed by atoms with Gasteiger partial charge in [0.1, 0.15) is 23.0 Å². The number of hydrogen-bond acceptors (Lipinski definition) is 2. The van der Waals surface area contributed by atoms with Crippen LogP contribution >= 0.6 is 0 Å². The van der Waals surface area contributed by atoms with Crippen molar-refractivity contribution in [3.05, 3.63) is 166 Å². The van der Waals surface area contributed by atoms with E-state index in [1.165, 1.54) is 33.4 Å². The number of rotatable bonds is 2. The molecular formula is C36H26O2Zr. The molecule has 2 nitrogen and oxygen atoms in total. The van der Waals surface area contributed by atoms with E-state index >= 15 is 0 Å². The Morgan fingerprint density at radius 1 is 0.564 bits per heavy atom. The zero-order valence-corrected chi connectivity index (χ0v) is 24.3. The molecule has 186 valence electrons. The summed E-state index contributed by atoms with van der Waals surface area (Å²) in [5.41, 5.74) is 9.78. The fraction of sp³-hybridized carbons (Fsp3) is 0.111. The minimum Gasteiger partial charge on any atom is -0.462 e. The van der Waals surface area contributed by atoms with Crippen LogP contribution in [0.5, 0.6) is 0 Å². The molecule has 0 radical (unpaired) electrons. The maximum Gasteiger partial charge on any atom is 2.00 e. The molecule has 0 saturated carbocycles. The van der Waals surface area contributed by atoms with E-state index in [9.17, 15) is 0 Å². The van der Waals surface area contributed by atoms with Crippen LogP contribution in [0.3, 0.4) is 0 Å². The number of fused-ring (bicyclic) bond motifs is 6. The van der Waals surface area contributed by atoms with Crippen LogP contribution in [0.2, 0.25) is 0 Å². The van der Waals surface area contributed by atoms with Crippen molar-refractivity contribution >= 4 is 0 Å². The maximum atomic E-state index is 5.69. The minimum atomic E-state index is 0. The molecule has 4 aliphatic carbocycles. The molecule has 4 aromatic rings. The monoisotopic (exact) mass is 580 g/mol. The van der Waals surface area contributed by atoms with Gasteiger partial charge in [0.2, 0.25) is 0 Å². The number of aryl methyl sites for hydroxylation is 2. The zero-order chi connectivity index (χ0) is 25.6. The first-order chi connectivity index (χ1) is 18.6. The van der Waals surface area contributed by atoms with E-state index in [-0.39, 0.29) is 26.2 Å². The van der Waals surface area contributed by atoms with Crippen LogP contribution in [-0.4, -0.2) is 0 Å². The van der Waals surface area contributed by atoms with Gasteiger partial charge in [-0.15, -0.1) is 82.0 Å². The van der Waals surface area contributed by atoms with Gasteiger partial charge < -0.3 is 8.83 Å². The maximum absolute atomic E-state index is 5.69. The van der Waals surface area contributed by atoms with Gasteiger partial charge in [-0.1, -0.05) is 48.6 Å². The average molecular weight is 582 g/mol. The number of allylic oxidation sites excluding steroid dienone is 10. The van der Waals surface area contributed by atoms with Crippen molar-refractivity contribution in [1.82, 2.24) is 0 Å². The Balaban J connectivity index is 0.000000138. The van der Waals surface area contributed by atoms with Crippen molar-refractivity contribution in [3.63, 3.8) is 0 Å². The first kappa shape index (κ1) is 25.6. The summed E-state index contributed by atoms with van der Waals surface area (Å²) in [7, 11) is 0. The quantitative estimate of drug-likeness (QED) is 0.221. The summed E-state index contributed by atoms with van der Waals surface area (Å²) in [6, 6.07) is 21.0. The minimum absolute atomic E-state index is 0. The molecule has 2 aromatic heterocycles. The van der Waals surface area contributed by atoms with Crippen molar-refractivity contribution in [2.45, 2.75) is 25.7 Å². The summed E-state index contributed by atoms with van der Waals surface area (Å²) in [4.78, 5) is 0. The molecule has 0 saturated heterocycles. The van der Waals surface area contributed by atoms with Gasteiger partial charge in [-0.2, -0.15) is 0 Å². The number of benzene rings is 2. The van der Waals surface area contributed by atoms with E-state index in [1.807, 2.05) is 38.1 Å². The Morgan fingerprint density at radius 2 is 1.03 bits per heavy atom. The Bertz CT molecular complexity index is 1620. The van der Waals surface area contributed by atoms with Crippen molar-refractivity contribution in [2.75, 3.05) is 0 Å². The fourth-order valence-corrected chi connectivity index (χ4v) is 5.53. The molecule has 39 heavy (non-hydrogen) atoms. The molecule has 8 rings (SSSR count). The van der Waals surface area contributed by atoms with Crippen LogP contribution in [0, 0.1) is 26.0 Å². The van der Waals surface area contributed by atoms with Gasteiger partial charge in [0.15, 0.2) is 0 Å². The molecule has 0 N–H and O–H groups in total. The normalized spacial score (nSPS) is 18.7. The Hall–Kier alpha value is -3.68. The van der Waals surface area contributed by atoms with E-state index in [4.69, 9.17) is 8.83 Å². The van der Waals surface area contributed by atoms with Crippen molar-refractivity contribution in [1.29, 1.82) is 0 Å². The third-order valence-electron chi connectivity index (χ3n) is 7.44. The van der Waals surface area contributed by atoms with Crippen molar-refractivity contribution < 1.29 is 35.0 Å². The Labute approximate surface area is 248 Å². The van der Waals surface area contributed by atoms with Gasteiger partial charge in [-0.05, 0) is 61.1 Å². The predicted octanol–water partition coefficient (Wildman–Crippen LogP) is 9.11. The summed E-state index contributed by atoms with van der Waals surface area (Å²) in [6.45, 7) is 3.93. The van der Waals surface area contributed by atoms with E-state index in [1.54, 1.807) is 0 Å². The molecule has 2 aromatic carbocycles. The molecule has 3 heteroatoms. The van der Waals surface area contributed by atoms with Gasteiger partial charge in [0, 0.05) is 0 Å². The van der Waals surface area contributed by atoms with Gasteiger partial charge >= 0.3 is 26.2 Å². The Morgan fingerprint density at radius 3 is 1.44 bits per heavy atom. The second kappa shape index (κ2) is 10.5. The van der Waals surface area contributed by atoms with Gasteiger partial charge in [-0.25, -0.2) is 0 Å². The third-order valence-corrected chi connectivity index (χ3v) is 7.44. The molecule has 2 unspecified atom stereocenters. The summed E-state index contributed by atoms with van der Waals surface area (Å²) in [6.07, 6.45) is 24.1. The fourth-order valence-electron chi connectivity index (χ4n) is 5.53. The molecular weight excluding hydrogens is 556 g/mol. The van der Waals surface area contributed by atoms with Gasteiger partial charge in [0.05, 0.1) is 0 Å². The predicted molar refractivity (Wildman–Crippen MR) is 152 cm³/mol. The molecule has 0 spiro atoms. The number of furan rings is 2. The van der Waals surface area contributed by atoms with Crippen LogP contribution in [0.15, 0.2) is 129 Å². The first-order valence-corrected chi connectivity index (χ1v) is 13.0. The van der Waals surface area contributed by atoms with Gasteiger partial charge in [-0.3, -0.25) is 0 Å². The van der Waals surface area contributed by atoms with Gasteiger partial charge in [0.25, 0.3) is 0 Å². The molecule has 0 bridgehead atoms. The largest absolute Gasteiger partial charge is 2.00 e. The van der Waals surface area contributed by atoms with E-state index in [0.29, 0.717) is 11.8 Å². The zero-order valence-electron chi connectivity index (χ0n) is 21.9. The SMILES string of the molecule is Cc1ccc(-c2ccc3c(c2)[C-]=C2C=CC=CC23)o1.Cc1ccc(-c2ccc3c(c2)[C-]=C2C=CC=CC23)o1.[Zr+2]. The summed E-state index contributed by atoms with van der Waals surface area (Å²) in [5, 5.41) is 0. The molecule has 0 aliphatic heterocycles. The topological polar surface area (TPSA) is 26.3 Å². The summed E-state index contributed by atoms with van der Waals surface area (Å²) in [5.74, 6) is 4.50. The molecule has 4 aliphatic rings. The van der Waals surface area contributed by atoms with E-state index in [2.05, 4.69) is 97.2 Å². The summed E-state index contributed by atoms with van der Waals surface area (Å²) < 4.78 is 11.4. The second-order valence-electron chi connectivity index (χ2n) is 10.0. The van der Waals surface area contributed by atoms with Crippen LogP contribution in [0.25, 0.3) is 22.6 Å². The second-order valence-corrected chi connectivity index (χ2v) is 10.0. The van der Waals surface area contributed by atoms with Crippen molar-refractivity contribution in [3.8, 4) is 22.6 Å². The van der Waals surface area contributed by atoms with E-state index in [0.717, 1.165) is 34.2 Å². The molecule has 2 heterocycles. The summed E-state index contributed by atoms with van der Waals surface area (Å²) >= 11 is 0. The first-order valence-electron chi connectivity index (χ1n) is 13.0. The van der Waals surface area contributed by atoms with Crippen LogP contribution < -0.4 is 0 Å². The molecule has 0 amide bonds. The van der Waals surface area contributed by atoms with Crippen LogP contribution in [0.4, 0.5) is 0 Å². The molecule has 2 atom stereocenters.